The molecule has 0 N–H and O–H groups in total. The van der Waals surface area contributed by atoms with Crippen LogP contribution in [0.25, 0.3) is 80.7 Å². The van der Waals surface area contributed by atoms with E-state index in [0.717, 1.165) is 33.1 Å². The van der Waals surface area contributed by atoms with Crippen LogP contribution in [0.4, 0.5) is 0 Å². The summed E-state index contributed by atoms with van der Waals surface area (Å²) in [6.07, 6.45) is 0. The monoisotopic (exact) mass is 515 g/mol. The predicted molar refractivity (Wildman–Crippen MR) is 166 cm³/mol. The Morgan fingerprint density at radius 2 is 1.26 bits per heavy atom. The van der Waals surface area contributed by atoms with E-state index in [2.05, 4.69) is 126 Å². The third-order valence-electron chi connectivity index (χ3n) is 8.02. The maximum atomic E-state index is 6.45. The van der Waals surface area contributed by atoms with Gasteiger partial charge in [-0.15, -0.1) is 11.3 Å². The number of fused-ring (bicyclic) bond motifs is 10. The first-order valence-electron chi connectivity index (χ1n) is 13.2. The number of aromatic nitrogens is 1. The van der Waals surface area contributed by atoms with E-state index in [0.29, 0.717) is 0 Å². The van der Waals surface area contributed by atoms with E-state index in [1.807, 2.05) is 17.4 Å². The Labute approximate surface area is 227 Å². The largest absolute Gasteiger partial charge is 0.455 e. The Bertz CT molecular complexity index is 2380. The van der Waals surface area contributed by atoms with Crippen LogP contribution < -0.4 is 0 Å². The summed E-state index contributed by atoms with van der Waals surface area (Å²) in [5, 5.41) is 7.35. The van der Waals surface area contributed by atoms with Crippen molar-refractivity contribution < 1.29 is 4.42 Å². The second kappa shape index (κ2) is 7.83. The van der Waals surface area contributed by atoms with Crippen LogP contribution in [0.5, 0.6) is 0 Å². The smallest absolute Gasteiger partial charge is 0.145 e. The van der Waals surface area contributed by atoms with E-state index in [9.17, 15) is 0 Å². The Hall–Kier alpha value is -4.86. The van der Waals surface area contributed by atoms with Crippen LogP contribution in [0.2, 0.25) is 0 Å². The number of hydrogen-bond acceptors (Lipinski definition) is 2. The lowest BCUT2D eigenvalue weighted by Gasteiger charge is -2.10. The van der Waals surface area contributed by atoms with Crippen molar-refractivity contribution >= 4 is 75.3 Å². The van der Waals surface area contributed by atoms with Crippen molar-refractivity contribution in [1.82, 2.24) is 4.57 Å². The molecule has 9 rings (SSSR count). The fraction of sp³-hybridized carbons (Fsp3) is 0. The lowest BCUT2D eigenvalue weighted by atomic mass is 10.0. The molecule has 0 fully saturated rings. The van der Waals surface area contributed by atoms with E-state index >= 15 is 0 Å². The van der Waals surface area contributed by atoms with Gasteiger partial charge < -0.3 is 8.98 Å². The van der Waals surface area contributed by atoms with E-state index in [1.54, 1.807) is 0 Å². The van der Waals surface area contributed by atoms with Gasteiger partial charge in [0.25, 0.3) is 0 Å². The molecule has 3 aromatic heterocycles. The van der Waals surface area contributed by atoms with Gasteiger partial charge in [0.2, 0.25) is 0 Å². The molecule has 0 aliphatic carbocycles. The summed E-state index contributed by atoms with van der Waals surface area (Å²) in [6.45, 7) is 0. The fourth-order valence-electron chi connectivity index (χ4n) is 6.28. The van der Waals surface area contributed by atoms with Crippen molar-refractivity contribution in [3.05, 3.63) is 127 Å². The first-order valence-corrected chi connectivity index (χ1v) is 14.0. The van der Waals surface area contributed by atoms with Crippen molar-refractivity contribution in [2.45, 2.75) is 0 Å². The lowest BCUT2D eigenvalue weighted by Crippen LogP contribution is -1.93. The van der Waals surface area contributed by atoms with Crippen LogP contribution in [0.1, 0.15) is 0 Å². The maximum Gasteiger partial charge on any atom is 0.145 e. The minimum atomic E-state index is 0.927. The van der Waals surface area contributed by atoms with Crippen molar-refractivity contribution in [3.63, 3.8) is 0 Å². The molecule has 0 spiro atoms. The first kappa shape index (κ1) is 21.1. The topological polar surface area (TPSA) is 18.1 Å². The molecular formula is C36H21NOS. The highest BCUT2D eigenvalue weighted by molar-refractivity contribution is 7.26. The van der Waals surface area contributed by atoms with Crippen LogP contribution in [-0.2, 0) is 0 Å². The number of rotatable bonds is 2. The van der Waals surface area contributed by atoms with Gasteiger partial charge in [-0.25, -0.2) is 0 Å². The SMILES string of the molecule is c1ccc2c(c1)oc1c2ccc2c1c1ccccc1n2-c1ccc(-c2cccc3c2sc2ccccc23)cc1. The molecule has 0 aliphatic heterocycles. The average molecular weight is 516 g/mol. The van der Waals surface area contributed by atoms with E-state index in [4.69, 9.17) is 4.42 Å². The lowest BCUT2D eigenvalue weighted by molar-refractivity contribution is 0.673. The number of furan rings is 1. The van der Waals surface area contributed by atoms with Crippen molar-refractivity contribution in [2.24, 2.45) is 0 Å². The summed E-state index contributed by atoms with van der Waals surface area (Å²) in [5.74, 6) is 0. The second-order valence-corrected chi connectivity index (χ2v) is 11.2. The van der Waals surface area contributed by atoms with Crippen LogP contribution >= 0.6 is 11.3 Å². The van der Waals surface area contributed by atoms with Crippen molar-refractivity contribution in [2.75, 3.05) is 0 Å². The third kappa shape index (κ3) is 2.91. The predicted octanol–water partition coefficient (Wildman–Crippen LogP) is 10.7. The highest BCUT2D eigenvalue weighted by Crippen LogP contribution is 2.42. The molecule has 0 bridgehead atoms. The Balaban J connectivity index is 1.27. The minimum absolute atomic E-state index is 0.927. The zero-order valence-corrected chi connectivity index (χ0v) is 21.7. The van der Waals surface area contributed by atoms with Crippen molar-refractivity contribution in [1.29, 1.82) is 0 Å². The standard InChI is InChI=1S/C36H21NOS/c1-4-13-30-29(10-1)34-31(21-20-27-25-8-2-5-14-32(25)38-35(27)34)37(30)23-18-16-22(17-19-23)24-11-7-12-28-26-9-3-6-15-33(26)39-36(24)28/h1-21H. The van der Waals surface area contributed by atoms with Gasteiger partial charge in [-0.1, -0.05) is 84.9 Å². The molecule has 0 unspecified atom stereocenters. The number of thiophene rings is 1. The molecule has 0 aliphatic rings. The normalized spacial score (nSPS) is 12.1. The van der Waals surface area contributed by atoms with Crippen LogP contribution in [-0.4, -0.2) is 4.57 Å². The molecule has 0 radical (unpaired) electrons. The quantitative estimate of drug-likeness (QED) is 0.224. The molecule has 9 aromatic rings. The molecule has 0 saturated heterocycles. The maximum absolute atomic E-state index is 6.45. The van der Waals surface area contributed by atoms with Gasteiger partial charge in [-0.3, -0.25) is 0 Å². The molecule has 2 nitrogen and oxygen atoms in total. The number of hydrogen-bond donors (Lipinski definition) is 0. The summed E-state index contributed by atoms with van der Waals surface area (Å²) < 4.78 is 11.5. The van der Waals surface area contributed by atoms with E-state index in [-0.39, 0.29) is 0 Å². The zero-order chi connectivity index (χ0) is 25.5. The Morgan fingerprint density at radius 1 is 0.513 bits per heavy atom. The number of benzene rings is 6. The summed E-state index contributed by atoms with van der Waals surface area (Å²) in [7, 11) is 0. The fourth-order valence-corrected chi connectivity index (χ4v) is 7.52. The highest BCUT2D eigenvalue weighted by atomic mass is 32.1. The van der Waals surface area contributed by atoms with Crippen LogP contribution in [0.15, 0.2) is 132 Å². The molecule has 6 aromatic carbocycles. The molecule has 3 heteroatoms. The van der Waals surface area contributed by atoms with Gasteiger partial charge in [0.05, 0.1) is 16.4 Å². The average Bonchev–Trinajstić information content (AvgIpc) is 3.66. The van der Waals surface area contributed by atoms with Gasteiger partial charge in [0.1, 0.15) is 11.2 Å². The molecule has 182 valence electrons. The highest BCUT2D eigenvalue weighted by Gasteiger charge is 2.18. The van der Waals surface area contributed by atoms with Gasteiger partial charge in [0.15, 0.2) is 0 Å². The molecule has 3 heterocycles. The van der Waals surface area contributed by atoms with E-state index in [1.165, 1.54) is 47.6 Å². The van der Waals surface area contributed by atoms with Crippen molar-refractivity contribution in [3.8, 4) is 16.8 Å². The second-order valence-electron chi connectivity index (χ2n) is 10.1. The summed E-state index contributed by atoms with van der Waals surface area (Å²) >= 11 is 1.88. The van der Waals surface area contributed by atoms with Gasteiger partial charge >= 0.3 is 0 Å². The molecule has 0 amide bonds. The van der Waals surface area contributed by atoms with E-state index < -0.39 is 0 Å². The first-order chi connectivity index (χ1) is 19.3. The Morgan fingerprint density at radius 3 is 2.15 bits per heavy atom. The number of para-hydroxylation sites is 2. The van der Waals surface area contributed by atoms with Crippen LogP contribution in [0, 0.1) is 0 Å². The Kier molecular flexibility index (Phi) is 4.24. The summed E-state index contributed by atoms with van der Waals surface area (Å²) in [4.78, 5) is 0. The molecule has 0 saturated carbocycles. The van der Waals surface area contributed by atoms with Crippen LogP contribution in [0.3, 0.4) is 0 Å². The third-order valence-corrected chi connectivity index (χ3v) is 9.24. The molecule has 39 heavy (non-hydrogen) atoms. The summed E-state index contributed by atoms with van der Waals surface area (Å²) in [5.41, 5.74) is 7.88. The van der Waals surface area contributed by atoms with Gasteiger partial charge in [-0.2, -0.15) is 0 Å². The zero-order valence-electron chi connectivity index (χ0n) is 20.9. The molecular weight excluding hydrogens is 494 g/mol. The van der Waals surface area contributed by atoms with Gasteiger partial charge in [-0.05, 0) is 53.6 Å². The minimum Gasteiger partial charge on any atom is -0.455 e. The molecule has 0 atom stereocenters. The summed E-state index contributed by atoms with van der Waals surface area (Å²) in [6, 6.07) is 45.7. The van der Waals surface area contributed by atoms with Gasteiger partial charge in [0, 0.05) is 42.0 Å². The number of nitrogens with zero attached hydrogens (tertiary/aromatic N) is 1.